The van der Waals surface area contributed by atoms with Crippen molar-refractivity contribution in [1.82, 2.24) is 5.32 Å². The first-order valence-electron chi connectivity index (χ1n) is 5.97. The molecule has 1 fully saturated rings. The van der Waals surface area contributed by atoms with Crippen LogP contribution in [0.3, 0.4) is 0 Å². The van der Waals surface area contributed by atoms with E-state index >= 15 is 0 Å². The molecule has 0 radical (unpaired) electrons. The number of aliphatic carboxylic acids is 1. The quantitative estimate of drug-likeness (QED) is 0.775. The van der Waals surface area contributed by atoms with E-state index in [2.05, 4.69) is 5.32 Å². The van der Waals surface area contributed by atoms with E-state index in [9.17, 15) is 9.59 Å². The highest BCUT2D eigenvalue weighted by atomic mass is 16.6. The van der Waals surface area contributed by atoms with Gasteiger partial charge in [-0.3, -0.25) is 4.79 Å². The smallest absolute Gasteiger partial charge is 0.407 e. The normalized spacial score (nSPS) is 17.4. The third-order valence-electron chi connectivity index (χ3n) is 2.46. The zero-order valence-corrected chi connectivity index (χ0v) is 10.7. The van der Waals surface area contributed by atoms with Gasteiger partial charge in [-0.1, -0.05) is 12.8 Å². The van der Waals surface area contributed by atoms with Gasteiger partial charge in [-0.15, -0.1) is 0 Å². The van der Waals surface area contributed by atoms with E-state index in [0.29, 0.717) is 5.92 Å². The highest BCUT2D eigenvalue weighted by molar-refractivity contribution is 5.71. The minimum absolute atomic E-state index is 0.0459. The molecule has 98 valence electrons. The van der Waals surface area contributed by atoms with Crippen LogP contribution >= 0.6 is 0 Å². The van der Waals surface area contributed by atoms with Gasteiger partial charge in [0.1, 0.15) is 5.60 Å². The highest BCUT2D eigenvalue weighted by Gasteiger charge is 2.28. The van der Waals surface area contributed by atoms with Crippen molar-refractivity contribution in [2.24, 2.45) is 5.92 Å². The van der Waals surface area contributed by atoms with E-state index in [1.54, 1.807) is 20.8 Å². The van der Waals surface area contributed by atoms with E-state index in [-0.39, 0.29) is 12.5 Å². The predicted octanol–water partition coefficient (Wildman–Crippen LogP) is 2.15. The maximum atomic E-state index is 11.5. The van der Waals surface area contributed by atoms with Gasteiger partial charge in [0, 0.05) is 6.04 Å². The van der Waals surface area contributed by atoms with Crippen LogP contribution in [-0.2, 0) is 9.53 Å². The van der Waals surface area contributed by atoms with Gasteiger partial charge in [-0.2, -0.15) is 0 Å². The maximum Gasteiger partial charge on any atom is 0.407 e. The number of alkyl carbamates (subject to hydrolysis) is 1. The Kier molecular flexibility index (Phi) is 4.37. The number of ether oxygens (including phenoxy) is 1. The molecule has 1 amide bonds. The minimum Gasteiger partial charge on any atom is -0.481 e. The van der Waals surface area contributed by atoms with Crippen molar-refractivity contribution in [3.05, 3.63) is 0 Å². The Morgan fingerprint density at radius 1 is 1.41 bits per heavy atom. The van der Waals surface area contributed by atoms with Crippen LogP contribution in [0.4, 0.5) is 4.79 Å². The van der Waals surface area contributed by atoms with E-state index in [0.717, 1.165) is 19.3 Å². The summed E-state index contributed by atoms with van der Waals surface area (Å²) in [5.41, 5.74) is -0.558. The van der Waals surface area contributed by atoms with Gasteiger partial charge in [0.25, 0.3) is 0 Å². The van der Waals surface area contributed by atoms with Crippen molar-refractivity contribution in [3.8, 4) is 0 Å². The first-order valence-corrected chi connectivity index (χ1v) is 5.97. The van der Waals surface area contributed by atoms with Crippen LogP contribution in [0.15, 0.2) is 0 Å². The third kappa shape index (κ3) is 6.81. The Morgan fingerprint density at radius 3 is 2.41 bits per heavy atom. The number of hydrogen-bond donors (Lipinski definition) is 2. The predicted molar refractivity (Wildman–Crippen MR) is 62.8 cm³/mol. The number of rotatable bonds is 5. The zero-order valence-electron chi connectivity index (χ0n) is 10.7. The molecule has 1 aliphatic rings. The number of carboxylic acids is 1. The first-order chi connectivity index (χ1) is 7.76. The Morgan fingerprint density at radius 2 is 2.00 bits per heavy atom. The Hall–Kier alpha value is -1.26. The molecule has 0 saturated heterocycles. The summed E-state index contributed by atoms with van der Waals surface area (Å²) in [6.45, 7) is 5.33. The number of carbonyl (C=O) groups excluding carboxylic acids is 1. The summed E-state index contributed by atoms with van der Waals surface area (Å²) in [5, 5.41) is 11.4. The van der Waals surface area contributed by atoms with E-state index < -0.39 is 17.7 Å². The molecule has 0 aromatic rings. The van der Waals surface area contributed by atoms with Gasteiger partial charge in [0.15, 0.2) is 0 Å². The molecule has 0 bridgehead atoms. The summed E-state index contributed by atoms with van der Waals surface area (Å²) in [7, 11) is 0. The van der Waals surface area contributed by atoms with Gasteiger partial charge in [-0.05, 0) is 33.1 Å². The van der Waals surface area contributed by atoms with Crippen LogP contribution in [0, 0.1) is 5.92 Å². The van der Waals surface area contributed by atoms with Gasteiger partial charge in [0.05, 0.1) is 6.42 Å². The second-order valence-electron chi connectivity index (χ2n) is 5.62. The fraction of sp³-hybridized carbons (Fsp3) is 0.833. The number of carbonyl (C=O) groups is 2. The van der Waals surface area contributed by atoms with Gasteiger partial charge >= 0.3 is 12.1 Å². The van der Waals surface area contributed by atoms with Crippen LogP contribution in [-0.4, -0.2) is 28.8 Å². The average Bonchev–Trinajstić information content (AvgIpc) is 2.81. The monoisotopic (exact) mass is 243 g/mol. The summed E-state index contributed by atoms with van der Waals surface area (Å²) >= 11 is 0. The highest BCUT2D eigenvalue weighted by Crippen LogP contribution is 2.34. The molecule has 0 aliphatic heterocycles. The summed E-state index contributed by atoms with van der Waals surface area (Å²) < 4.78 is 5.11. The summed E-state index contributed by atoms with van der Waals surface area (Å²) in [6.07, 6.45) is 2.41. The Balaban J connectivity index is 2.40. The van der Waals surface area contributed by atoms with Crippen LogP contribution < -0.4 is 5.32 Å². The molecule has 0 spiro atoms. The number of nitrogens with one attached hydrogen (secondary N) is 1. The fourth-order valence-corrected chi connectivity index (χ4v) is 1.63. The SMILES string of the molecule is CC(C)(C)OC(=O)NC(CC(=O)O)CC1CC1. The standard InChI is InChI=1S/C12H21NO4/c1-12(2,3)17-11(16)13-9(7-10(14)15)6-8-4-5-8/h8-9H,4-7H2,1-3H3,(H,13,16)(H,14,15). The van der Waals surface area contributed by atoms with Crippen molar-refractivity contribution in [1.29, 1.82) is 0 Å². The lowest BCUT2D eigenvalue weighted by atomic mass is 10.1. The number of amides is 1. The molecule has 0 aromatic carbocycles. The number of hydrogen-bond acceptors (Lipinski definition) is 3. The van der Waals surface area contributed by atoms with E-state index in [1.807, 2.05) is 0 Å². The van der Waals surface area contributed by atoms with Crippen LogP contribution in [0.25, 0.3) is 0 Å². The lowest BCUT2D eigenvalue weighted by molar-refractivity contribution is -0.137. The van der Waals surface area contributed by atoms with Crippen LogP contribution in [0.1, 0.15) is 46.5 Å². The van der Waals surface area contributed by atoms with E-state index in [4.69, 9.17) is 9.84 Å². The lowest BCUT2D eigenvalue weighted by Crippen LogP contribution is -2.40. The molecule has 1 saturated carbocycles. The fourth-order valence-electron chi connectivity index (χ4n) is 1.63. The molecule has 1 atom stereocenters. The van der Waals surface area contributed by atoms with Crippen molar-refractivity contribution in [2.75, 3.05) is 0 Å². The van der Waals surface area contributed by atoms with Gasteiger partial charge in [0.2, 0.25) is 0 Å². The van der Waals surface area contributed by atoms with Crippen molar-refractivity contribution in [2.45, 2.75) is 58.1 Å². The molecule has 1 aliphatic carbocycles. The minimum atomic E-state index is -0.897. The second kappa shape index (κ2) is 5.38. The lowest BCUT2D eigenvalue weighted by Gasteiger charge is -2.23. The Labute approximate surface area is 102 Å². The Bertz CT molecular complexity index is 291. The summed E-state index contributed by atoms with van der Waals surface area (Å²) in [6, 6.07) is -0.324. The van der Waals surface area contributed by atoms with Crippen molar-refractivity contribution >= 4 is 12.1 Å². The molecule has 0 aromatic heterocycles. The van der Waals surface area contributed by atoms with Gasteiger partial charge < -0.3 is 15.2 Å². The molecular formula is C12H21NO4. The molecule has 17 heavy (non-hydrogen) atoms. The van der Waals surface area contributed by atoms with E-state index in [1.165, 1.54) is 0 Å². The molecule has 1 unspecified atom stereocenters. The van der Waals surface area contributed by atoms with Crippen LogP contribution in [0.5, 0.6) is 0 Å². The molecule has 2 N–H and O–H groups in total. The molecule has 0 heterocycles. The summed E-state index contributed by atoms with van der Waals surface area (Å²) in [4.78, 5) is 22.2. The topological polar surface area (TPSA) is 75.6 Å². The average molecular weight is 243 g/mol. The zero-order chi connectivity index (χ0) is 13.1. The maximum absolute atomic E-state index is 11.5. The second-order valence-corrected chi connectivity index (χ2v) is 5.62. The first kappa shape index (κ1) is 13.8. The largest absolute Gasteiger partial charge is 0.481 e. The molecule has 5 nitrogen and oxygen atoms in total. The van der Waals surface area contributed by atoms with Crippen molar-refractivity contribution in [3.63, 3.8) is 0 Å². The third-order valence-corrected chi connectivity index (χ3v) is 2.46. The molecular weight excluding hydrogens is 222 g/mol. The summed E-state index contributed by atoms with van der Waals surface area (Å²) in [5.74, 6) is -0.332. The molecule has 1 rings (SSSR count). The number of carboxylic acid groups (broad SMARTS) is 1. The van der Waals surface area contributed by atoms with Crippen LogP contribution in [0.2, 0.25) is 0 Å². The van der Waals surface area contributed by atoms with Gasteiger partial charge in [-0.25, -0.2) is 4.79 Å². The molecule has 5 heteroatoms. The van der Waals surface area contributed by atoms with Crippen molar-refractivity contribution < 1.29 is 19.4 Å².